The number of rotatable bonds is 9. The average molecular weight is 394 g/mol. The first-order valence-electron chi connectivity index (χ1n) is 8.81. The topological polar surface area (TPSA) is 97.6 Å². The van der Waals surface area contributed by atoms with Crippen molar-refractivity contribution in [3.8, 4) is 5.75 Å². The van der Waals surface area contributed by atoms with Crippen LogP contribution in [0.1, 0.15) is 43.4 Å². The van der Waals surface area contributed by atoms with Crippen LogP contribution in [0.4, 0.5) is 0 Å². The average Bonchev–Trinajstić information content (AvgIpc) is 2.94. The molecule has 1 amide bonds. The highest BCUT2D eigenvalue weighted by atomic mass is 32.2. The van der Waals surface area contributed by atoms with Crippen LogP contribution in [0.15, 0.2) is 39.6 Å². The molecule has 1 heterocycles. The van der Waals surface area contributed by atoms with Gasteiger partial charge in [0, 0.05) is 18.5 Å². The number of hydrogen-bond donors (Lipinski definition) is 2. The fourth-order valence-electron chi connectivity index (χ4n) is 2.74. The molecule has 7 nitrogen and oxygen atoms in total. The highest BCUT2D eigenvalue weighted by molar-refractivity contribution is 7.89. The Balaban J connectivity index is 1.85. The van der Waals surface area contributed by atoms with Gasteiger partial charge in [-0.25, -0.2) is 13.1 Å². The summed E-state index contributed by atoms with van der Waals surface area (Å²) in [5.41, 5.74) is 0.913. The summed E-state index contributed by atoms with van der Waals surface area (Å²) in [6.45, 7) is 7.93. The van der Waals surface area contributed by atoms with Crippen molar-refractivity contribution in [3.05, 3.63) is 47.4 Å². The van der Waals surface area contributed by atoms with Crippen molar-refractivity contribution in [1.82, 2.24) is 10.0 Å². The maximum Gasteiger partial charge on any atom is 0.240 e. The van der Waals surface area contributed by atoms with E-state index in [9.17, 15) is 13.2 Å². The normalized spacial score (nSPS) is 12.6. The number of carbonyl (C=O) groups excluding carboxylic acids is 1. The summed E-state index contributed by atoms with van der Waals surface area (Å²) in [5, 5.41) is 2.85. The Bertz CT molecular complexity index is 872. The molecule has 0 saturated carbocycles. The first-order valence-corrected chi connectivity index (χ1v) is 10.3. The van der Waals surface area contributed by atoms with E-state index < -0.39 is 10.0 Å². The van der Waals surface area contributed by atoms with Crippen LogP contribution in [-0.4, -0.2) is 27.5 Å². The van der Waals surface area contributed by atoms with Crippen molar-refractivity contribution in [2.45, 2.75) is 45.1 Å². The molecule has 0 saturated heterocycles. The third-order valence-electron chi connectivity index (χ3n) is 4.01. The monoisotopic (exact) mass is 394 g/mol. The van der Waals surface area contributed by atoms with Crippen LogP contribution < -0.4 is 14.8 Å². The van der Waals surface area contributed by atoms with Gasteiger partial charge in [-0.2, -0.15) is 0 Å². The first-order chi connectivity index (χ1) is 12.7. The van der Waals surface area contributed by atoms with Gasteiger partial charge in [-0.05, 0) is 58.0 Å². The molecule has 1 aromatic heterocycles. The van der Waals surface area contributed by atoms with Gasteiger partial charge in [0.15, 0.2) is 0 Å². The molecule has 0 radical (unpaired) electrons. The molecule has 2 N–H and O–H groups in total. The second kappa shape index (κ2) is 9.05. The number of carbonyl (C=O) groups is 1. The van der Waals surface area contributed by atoms with Crippen LogP contribution in [0.5, 0.6) is 5.75 Å². The molecule has 0 fully saturated rings. The van der Waals surface area contributed by atoms with Crippen molar-refractivity contribution in [3.63, 3.8) is 0 Å². The van der Waals surface area contributed by atoms with Crippen LogP contribution >= 0.6 is 0 Å². The van der Waals surface area contributed by atoms with E-state index >= 15 is 0 Å². The Morgan fingerprint density at radius 2 is 1.89 bits per heavy atom. The number of aryl methyl sites for hydroxylation is 2. The number of sulfonamides is 1. The van der Waals surface area contributed by atoms with Crippen molar-refractivity contribution in [2.24, 2.45) is 0 Å². The van der Waals surface area contributed by atoms with E-state index in [2.05, 4.69) is 10.0 Å². The molecule has 0 aliphatic heterocycles. The van der Waals surface area contributed by atoms with Gasteiger partial charge in [-0.3, -0.25) is 4.79 Å². The van der Waals surface area contributed by atoms with Crippen LogP contribution in [0.2, 0.25) is 0 Å². The predicted octanol–water partition coefficient (Wildman–Crippen LogP) is 2.84. The Kier molecular flexibility index (Phi) is 7.04. The third-order valence-corrected chi connectivity index (χ3v) is 5.49. The van der Waals surface area contributed by atoms with Gasteiger partial charge in [-0.15, -0.1) is 0 Å². The number of benzene rings is 1. The minimum absolute atomic E-state index is 0.0114. The maximum atomic E-state index is 12.3. The summed E-state index contributed by atoms with van der Waals surface area (Å²) in [5.74, 6) is 1.91. The van der Waals surface area contributed by atoms with Gasteiger partial charge in [0.1, 0.15) is 17.3 Å². The Labute approximate surface area is 160 Å². The number of amides is 1. The summed E-state index contributed by atoms with van der Waals surface area (Å²) >= 11 is 0. The van der Waals surface area contributed by atoms with Crippen molar-refractivity contribution >= 4 is 15.9 Å². The summed E-state index contributed by atoms with van der Waals surface area (Å²) in [6, 6.07) is 7.81. The van der Waals surface area contributed by atoms with E-state index in [1.165, 1.54) is 12.1 Å². The zero-order valence-corrected chi connectivity index (χ0v) is 16.9. The minimum atomic E-state index is -3.67. The van der Waals surface area contributed by atoms with Crippen molar-refractivity contribution in [2.75, 3.05) is 13.2 Å². The molecule has 1 aromatic carbocycles. The molecule has 0 spiro atoms. The van der Waals surface area contributed by atoms with E-state index in [0.717, 1.165) is 17.1 Å². The molecular weight excluding hydrogens is 368 g/mol. The molecule has 1 unspecified atom stereocenters. The quantitative estimate of drug-likeness (QED) is 0.682. The third kappa shape index (κ3) is 5.83. The number of ether oxygens (including phenoxy) is 1. The highest BCUT2D eigenvalue weighted by Crippen LogP contribution is 2.21. The molecule has 2 aromatic rings. The van der Waals surface area contributed by atoms with Gasteiger partial charge in [0.05, 0.1) is 17.5 Å². The summed E-state index contributed by atoms with van der Waals surface area (Å²) < 4.78 is 37.8. The van der Waals surface area contributed by atoms with E-state index in [1.807, 2.05) is 33.8 Å². The van der Waals surface area contributed by atoms with Crippen molar-refractivity contribution < 1.29 is 22.4 Å². The molecule has 27 heavy (non-hydrogen) atoms. The lowest BCUT2D eigenvalue weighted by Gasteiger charge is -2.13. The molecular formula is C19H26N2O5S. The van der Waals surface area contributed by atoms with Gasteiger partial charge in [-0.1, -0.05) is 0 Å². The van der Waals surface area contributed by atoms with E-state index in [4.69, 9.17) is 9.15 Å². The Morgan fingerprint density at radius 3 is 2.44 bits per heavy atom. The van der Waals surface area contributed by atoms with Gasteiger partial charge in [0.2, 0.25) is 15.9 Å². The predicted molar refractivity (Wildman–Crippen MR) is 102 cm³/mol. The standard InChI is InChI=1S/C19H26N2O5S/c1-5-25-16-6-8-17(9-7-16)27(23,24)20-11-10-19(22)21-14(3)18-12-13(2)26-15(18)4/h6-9,12,14,20H,5,10-11H2,1-4H3,(H,21,22). The molecule has 0 aliphatic rings. The number of furan rings is 1. The van der Waals surface area contributed by atoms with Crippen LogP contribution in [0.3, 0.4) is 0 Å². The Hall–Kier alpha value is -2.32. The van der Waals surface area contributed by atoms with Crippen LogP contribution in [-0.2, 0) is 14.8 Å². The van der Waals surface area contributed by atoms with E-state index in [0.29, 0.717) is 12.4 Å². The van der Waals surface area contributed by atoms with Gasteiger partial charge < -0.3 is 14.5 Å². The molecule has 1 atom stereocenters. The zero-order chi connectivity index (χ0) is 20.0. The fraction of sp³-hybridized carbons (Fsp3) is 0.421. The Morgan fingerprint density at radius 1 is 1.22 bits per heavy atom. The van der Waals surface area contributed by atoms with Gasteiger partial charge in [0.25, 0.3) is 0 Å². The SMILES string of the molecule is CCOc1ccc(S(=O)(=O)NCCC(=O)NC(C)c2cc(C)oc2C)cc1. The van der Waals surface area contributed by atoms with E-state index in [-0.39, 0.29) is 29.8 Å². The second-order valence-corrected chi connectivity index (χ2v) is 7.98. The summed E-state index contributed by atoms with van der Waals surface area (Å²) in [4.78, 5) is 12.2. The number of nitrogens with one attached hydrogen (secondary N) is 2. The number of hydrogen-bond acceptors (Lipinski definition) is 5. The molecule has 0 bridgehead atoms. The molecule has 148 valence electrons. The maximum absolute atomic E-state index is 12.3. The lowest BCUT2D eigenvalue weighted by atomic mass is 10.1. The minimum Gasteiger partial charge on any atom is -0.494 e. The smallest absolute Gasteiger partial charge is 0.240 e. The van der Waals surface area contributed by atoms with Crippen LogP contribution in [0, 0.1) is 13.8 Å². The zero-order valence-electron chi connectivity index (χ0n) is 16.0. The lowest BCUT2D eigenvalue weighted by molar-refractivity contribution is -0.121. The highest BCUT2D eigenvalue weighted by Gasteiger charge is 2.17. The fourth-order valence-corrected chi connectivity index (χ4v) is 3.77. The first kappa shape index (κ1) is 21.0. The largest absolute Gasteiger partial charge is 0.494 e. The second-order valence-electron chi connectivity index (χ2n) is 6.21. The summed E-state index contributed by atoms with van der Waals surface area (Å²) in [6.07, 6.45) is 0.0382. The lowest BCUT2D eigenvalue weighted by Crippen LogP contribution is -2.32. The molecule has 2 rings (SSSR count). The van der Waals surface area contributed by atoms with Crippen LogP contribution in [0.25, 0.3) is 0 Å². The van der Waals surface area contributed by atoms with E-state index in [1.54, 1.807) is 12.1 Å². The summed E-state index contributed by atoms with van der Waals surface area (Å²) in [7, 11) is -3.67. The van der Waals surface area contributed by atoms with Crippen molar-refractivity contribution in [1.29, 1.82) is 0 Å². The molecule has 8 heteroatoms. The molecule has 0 aliphatic carbocycles. The van der Waals surface area contributed by atoms with Gasteiger partial charge >= 0.3 is 0 Å².